The number of hydrogen-bond donors (Lipinski definition) is 1. The van der Waals surface area contributed by atoms with Crippen LogP contribution < -0.4 is 4.74 Å². The predicted octanol–water partition coefficient (Wildman–Crippen LogP) is 2.19. The summed E-state index contributed by atoms with van der Waals surface area (Å²) >= 11 is 0. The largest absolute Gasteiger partial charge is 0.490 e. The van der Waals surface area contributed by atoms with E-state index in [2.05, 4.69) is 6.58 Å². The van der Waals surface area contributed by atoms with Crippen molar-refractivity contribution in [2.45, 2.75) is 12.8 Å². The number of carbonyl (C=O) groups excluding carboxylic acids is 1. The first-order chi connectivity index (χ1) is 10.1. The molecule has 21 heavy (non-hydrogen) atoms. The van der Waals surface area contributed by atoms with Crippen molar-refractivity contribution in [2.24, 2.45) is 5.92 Å². The van der Waals surface area contributed by atoms with E-state index < -0.39 is 5.97 Å². The van der Waals surface area contributed by atoms with Crippen LogP contribution in [0.4, 0.5) is 0 Å². The number of ether oxygens (including phenoxy) is 1. The average Bonchev–Trinajstić information content (AvgIpc) is 3.28. The topological polar surface area (TPSA) is 66.8 Å². The SMILES string of the molecule is C=CCOc1ccc(C(=O)N(CC(=O)O)CC2CC2)cc1. The minimum Gasteiger partial charge on any atom is -0.490 e. The van der Waals surface area contributed by atoms with Crippen LogP contribution in [0.15, 0.2) is 36.9 Å². The van der Waals surface area contributed by atoms with Crippen LogP contribution in [0.25, 0.3) is 0 Å². The molecule has 2 rings (SSSR count). The Hall–Kier alpha value is -2.30. The Bertz CT molecular complexity index is 520. The van der Waals surface area contributed by atoms with Crippen molar-refractivity contribution < 1.29 is 19.4 Å². The Kier molecular flexibility index (Phi) is 4.98. The highest BCUT2D eigenvalue weighted by Gasteiger charge is 2.28. The molecule has 0 heterocycles. The third-order valence-corrected chi connectivity index (χ3v) is 3.26. The molecule has 1 N–H and O–H groups in total. The van der Waals surface area contributed by atoms with Crippen molar-refractivity contribution in [1.82, 2.24) is 4.90 Å². The summed E-state index contributed by atoms with van der Waals surface area (Å²) in [6, 6.07) is 6.71. The first-order valence-electron chi connectivity index (χ1n) is 6.95. The molecule has 0 radical (unpaired) electrons. The van der Waals surface area contributed by atoms with E-state index in [-0.39, 0.29) is 12.5 Å². The Morgan fingerprint density at radius 1 is 1.33 bits per heavy atom. The lowest BCUT2D eigenvalue weighted by Crippen LogP contribution is -2.37. The lowest BCUT2D eigenvalue weighted by atomic mass is 10.2. The van der Waals surface area contributed by atoms with E-state index in [4.69, 9.17) is 9.84 Å². The Morgan fingerprint density at radius 2 is 2.00 bits per heavy atom. The van der Waals surface area contributed by atoms with Gasteiger partial charge in [-0.1, -0.05) is 12.7 Å². The number of rotatable bonds is 8. The maximum atomic E-state index is 12.4. The van der Waals surface area contributed by atoms with Crippen LogP contribution in [0, 0.1) is 5.92 Å². The fourth-order valence-electron chi connectivity index (χ4n) is 2.03. The van der Waals surface area contributed by atoms with E-state index in [9.17, 15) is 9.59 Å². The molecule has 1 amide bonds. The number of benzene rings is 1. The normalized spacial score (nSPS) is 13.5. The second-order valence-electron chi connectivity index (χ2n) is 5.15. The second-order valence-corrected chi connectivity index (χ2v) is 5.15. The molecule has 0 aromatic heterocycles. The van der Waals surface area contributed by atoms with Gasteiger partial charge in [0.25, 0.3) is 5.91 Å². The predicted molar refractivity (Wildman–Crippen MR) is 78.4 cm³/mol. The van der Waals surface area contributed by atoms with Crippen molar-refractivity contribution in [3.05, 3.63) is 42.5 Å². The number of nitrogens with zero attached hydrogens (tertiary/aromatic N) is 1. The molecular formula is C16H19NO4. The summed E-state index contributed by atoms with van der Waals surface area (Å²) in [4.78, 5) is 24.7. The average molecular weight is 289 g/mol. The van der Waals surface area contributed by atoms with E-state index in [1.54, 1.807) is 30.3 Å². The van der Waals surface area contributed by atoms with Crippen LogP contribution in [-0.4, -0.2) is 41.6 Å². The Balaban J connectivity index is 2.03. The monoisotopic (exact) mass is 289 g/mol. The van der Waals surface area contributed by atoms with Crippen LogP contribution in [0.3, 0.4) is 0 Å². The Labute approximate surface area is 123 Å². The van der Waals surface area contributed by atoms with E-state index in [0.29, 0.717) is 30.4 Å². The summed E-state index contributed by atoms with van der Waals surface area (Å²) in [5.41, 5.74) is 0.475. The van der Waals surface area contributed by atoms with Gasteiger partial charge in [0.05, 0.1) is 0 Å². The third-order valence-electron chi connectivity index (χ3n) is 3.26. The van der Waals surface area contributed by atoms with Crippen molar-refractivity contribution in [3.8, 4) is 5.75 Å². The summed E-state index contributed by atoms with van der Waals surface area (Å²) in [5.74, 6) is -0.142. The van der Waals surface area contributed by atoms with Crippen molar-refractivity contribution in [1.29, 1.82) is 0 Å². The second kappa shape index (κ2) is 6.92. The molecule has 112 valence electrons. The highest BCUT2D eigenvalue weighted by molar-refractivity contribution is 5.96. The smallest absolute Gasteiger partial charge is 0.323 e. The van der Waals surface area contributed by atoms with Crippen molar-refractivity contribution in [2.75, 3.05) is 19.7 Å². The Morgan fingerprint density at radius 3 is 2.52 bits per heavy atom. The molecule has 1 aromatic carbocycles. The first kappa shape index (κ1) is 15.1. The van der Waals surface area contributed by atoms with E-state index in [0.717, 1.165) is 12.8 Å². The first-order valence-corrected chi connectivity index (χ1v) is 6.95. The summed E-state index contributed by atoms with van der Waals surface area (Å²) in [7, 11) is 0. The number of hydrogen-bond acceptors (Lipinski definition) is 3. The molecule has 5 heteroatoms. The van der Waals surface area contributed by atoms with Crippen LogP contribution in [-0.2, 0) is 4.79 Å². The lowest BCUT2D eigenvalue weighted by Gasteiger charge is -2.20. The molecule has 0 spiro atoms. The van der Waals surface area contributed by atoms with E-state index in [1.807, 2.05) is 0 Å². The van der Waals surface area contributed by atoms with Gasteiger partial charge in [0.2, 0.25) is 0 Å². The third kappa shape index (κ3) is 4.63. The van der Waals surface area contributed by atoms with Crippen LogP contribution in [0.2, 0.25) is 0 Å². The highest BCUT2D eigenvalue weighted by atomic mass is 16.5. The van der Waals surface area contributed by atoms with Crippen molar-refractivity contribution in [3.63, 3.8) is 0 Å². The number of aliphatic carboxylic acids is 1. The molecule has 1 aliphatic carbocycles. The van der Waals surface area contributed by atoms with Gasteiger partial charge in [-0.2, -0.15) is 0 Å². The maximum absolute atomic E-state index is 12.4. The van der Waals surface area contributed by atoms with Crippen LogP contribution in [0.5, 0.6) is 5.75 Å². The summed E-state index contributed by atoms with van der Waals surface area (Å²) < 4.78 is 5.35. The fraction of sp³-hybridized carbons (Fsp3) is 0.375. The van der Waals surface area contributed by atoms with Gasteiger partial charge in [0.1, 0.15) is 18.9 Å². The van der Waals surface area contributed by atoms with Gasteiger partial charge in [-0.05, 0) is 43.0 Å². The highest BCUT2D eigenvalue weighted by Crippen LogP contribution is 2.30. The van der Waals surface area contributed by atoms with E-state index in [1.165, 1.54) is 4.90 Å². The zero-order valence-electron chi connectivity index (χ0n) is 11.8. The zero-order valence-corrected chi connectivity index (χ0v) is 11.8. The minimum absolute atomic E-state index is 0.250. The fourth-order valence-corrected chi connectivity index (χ4v) is 2.03. The standard InChI is InChI=1S/C16H19NO4/c1-2-9-21-14-7-5-13(6-8-14)16(20)17(11-15(18)19)10-12-3-4-12/h2,5-8,12H,1,3-4,9-11H2,(H,18,19). The van der Waals surface area contributed by atoms with Crippen LogP contribution in [0.1, 0.15) is 23.2 Å². The van der Waals surface area contributed by atoms with Gasteiger partial charge in [-0.25, -0.2) is 0 Å². The molecule has 0 bridgehead atoms. The minimum atomic E-state index is -0.991. The van der Waals surface area contributed by atoms with E-state index >= 15 is 0 Å². The number of carboxylic acid groups (broad SMARTS) is 1. The molecule has 0 atom stereocenters. The molecule has 0 saturated heterocycles. The van der Waals surface area contributed by atoms with Gasteiger partial charge in [0.15, 0.2) is 0 Å². The molecule has 0 aliphatic heterocycles. The number of carbonyl (C=O) groups is 2. The maximum Gasteiger partial charge on any atom is 0.323 e. The quantitative estimate of drug-likeness (QED) is 0.745. The number of amides is 1. The van der Waals surface area contributed by atoms with Crippen molar-refractivity contribution >= 4 is 11.9 Å². The molecule has 1 aromatic rings. The summed E-state index contributed by atoms with van der Waals surface area (Å²) in [6.07, 6.45) is 3.78. The lowest BCUT2D eigenvalue weighted by molar-refractivity contribution is -0.137. The van der Waals surface area contributed by atoms with Gasteiger partial charge >= 0.3 is 5.97 Å². The zero-order chi connectivity index (χ0) is 15.2. The molecular weight excluding hydrogens is 270 g/mol. The van der Waals surface area contributed by atoms with Gasteiger partial charge < -0.3 is 14.7 Å². The number of carboxylic acids is 1. The molecule has 1 aliphatic rings. The summed E-state index contributed by atoms with van der Waals surface area (Å²) in [5, 5.41) is 8.93. The van der Waals surface area contributed by atoms with Gasteiger partial charge in [-0.3, -0.25) is 9.59 Å². The molecule has 5 nitrogen and oxygen atoms in total. The van der Waals surface area contributed by atoms with Gasteiger partial charge in [0, 0.05) is 12.1 Å². The van der Waals surface area contributed by atoms with Crippen LogP contribution >= 0.6 is 0 Å². The molecule has 0 unspecified atom stereocenters. The molecule has 1 fully saturated rings. The summed E-state index contributed by atoms with van der Waals surface area (Å²) in [6.45, 7) is 4.22. The van der Waals surface area contributed by atoms with Gasteiger partial charge in [-0.15, -0.1) is 0 Å². The molecule has 1 saturated carbocycles.